The van der Waals surface area contributed by atoms with Crippen molar-refractivity contribution in [1.29, 1.82) is 0 Å². The lowest BCUT2D eigenvalue weighted by molar-refractivity contribution is 0.0689. The van der Waals surface area contributed by atoms with Gasteiger partial charge in [0.2, 0.25) is 0 Å². The van der Waals surface area contributed by atoms with Crippen molar-refractivity contribution < 1.29 is 19.4 Å². The highest BCUT2D eigenvalue weighted by molar-refractivity contribution is 6.31. The number of aromatic carboxylic acids is 1. The summed E-state index contributed by atoms with van der Waals surface area (Å²) >= 11 is 6.66. The third-order valence-electron chi connectivity index (χ3n) is 7.42. The molecule has 9 nitrogen and oxygen atoms in total. The van der Waals surface area contributed by atoms with E-state index in [1.165, 1.54) is 12.3 Å². The molecule has 3 aliphatic heterocycles. The standard InChI is InChI=1S/C24H30ClN5O4/c25-20-15-19(28-11-13-34-14-12-28)2-1-18(20)16-27-8-4-24(17-27)5-9-29(10-6-24)23(33)30-7-3-21(26-30)22(31)32/h1-3,7,15H,4-6,8-14,16-17H2,(H,31,32). The summed E-state index contributed by atoms with van der Waals surface area (Å²) in [7, 11) is 0. The minimum absolute atomic E-state index is 0.120. The number of benzene rings is 1. The number of carboxylic acid groups (broad SMARTS) is 1. The second-order valence-electron chi connectivity index (χ2n) is 9.56. The maximum Gasteiger partial charge on any atom is 0.356 e. The highest BCUT2D eigenvalue weighted by atomic mass is 35.5. The topological polar surface area (TPSA) is 91.1 Å². The van der Waals surface area contributed by atoms with Gasteiger partial charge in [0, 0.05) is 56.2 Å². The van der Waals surface area contributed by atoms with E-state index in [2.05, 4.69) is 33.1 Å². The highest BCUT2D eigenvalue weighted by Gasteiger charge is 2.41. The number of carbonyl (C=O) groups excluding carboxylic acids is 1. The van der Waals surface area contributed by atoms with Crippen LogP contribution in [0.5, 0.6) is 0 Å². The van der Waals surface area contributed by atoms with Gasteiger partial charge < -0.3 is 19.6 Å². The van der Waals surface area contributed by atoms with Gasteiger partial charge in [0.05, 0.1) is 13.2 Å². The SMILES string of the molecule is O=C(O)c1ccn(C(=O)N2CCC3(CCN(Cc4ccc(N5CCOCC5)cc4Cl)C3)CC2)n1. The van der Waals surface area contributed by atoms with Gasteiger partial charge in [-0.3, -0.25) is 4.90 Å². The first-order chi connectivity index (χ1) is 16.4. The molecule has 34 heavy (non-hydrogen) atoms. The maximum absolute atomic E-state index is 12.7. The average Bonchev–Trinajstić information content (AvgIpc) is 3.49. The normalized spacial score (nSPS) is 20.7. The third kappa shape index (κ3) is 4.78. The molecule has 4 heterocycles. The molecule has 1 spiro atoms. The fourth-order valence-corrected chi connectivity index (χ4v) is 5.59. The minimum Gasteiger partial charge on any atom is -0.476 e. The molecule has 3 fully saturated rings. The Hall–Kier alpha value is -2.62. The Morgan fingerprint density at radius 1 is 1.06 bits per heavy atom. The summed E-state index contributed by atoms with van der Waals surface area (Å²) in [6.45, 7) is 7.47. The molecule has 1 aromatic carbocycles. The summed E-state index contributed by atoms with van der Waals surface area (Å²) in [4.78, 5) is 30.3. The molecule has 182 valence electrons. The Morgan fingerprint density at radius 2 is 1.79 bits per heavy atom. The first kappa shape index (κ1) is 23.1. The van der Waals surface area contributed by atoms with Gasteiger partial charge >= 0.3 is 12.0 Å². The molecule has 0 saturated carbocycles. The second-order valence-corrected chi connectivity index (χ2v) is 9.96. The zero-order valence-electron chi connectivity index (χ0n) is 19.2. The predicted octanol–water partition coefficient (Wildman–Crippen LogP) is 3.03. The number of anilines is 1. The van der Waals surface area contributed by atoms with Crippen molar-refractivity contribution in [3.63, 3.8) is 0 Å². The van der Waals surface area contributed by atoms with Crippen LogP contribution in [0, 0.1) is 5.41 Å². The van der Waals surface area contributed by atoms with Crippen LogP contribution in [0.4, 0.5) is 10.5 Å². The van der Waals surface area contributed by atoms with Crippen LogP contribution >= 0.6 is 11.6 Å². The third-order valence-corrected chi connectivity index (χ3v) is 7.77. The molecule has 10 heteroatoms. The first-order valence-electron chi connectivity index (χ1n) is 11.8. The molecule has 0 radical (unpaired) electrons. The van der Waals surface area contributed by atoms with Crippen LogP contribution in [0.2, 0.25) is 5.02 Å². The number of aromatic nitrogens is 2. The zero-order chi connectivity index (χ0) is 23.7. The van der Waals surface area contributed by atoms with Gasteiger partial charge in [-0.15, -0.1) is 0 Å². The zero-order valence-corrected chi connectivity index (χ0v) is 19.9. The Kier molecular flexibility index (Phi) is 6.50. The van der Waals surface area contributed by atoms with Crippen LogP contribution in [0.15, 0.2) is 30.5 Å². The molecule has 5 rings (SSSR count). The quantitative estimate of drug-likeness (QED) is 0.708. The Bertz CT molecular complexity index is 1060. The van der Waals surface area contributed by atoms with Gasteiger partial charge in [0.25, 0.3) is 0 Å². The van der Waals surface area contributed by atoms with Crippen LogP contribution in [0.25, 0.3) is 0 Å². The van der Waals surface area contributed by atoms with Crippen molar-refractivity contribution in [3.05, 3.63) is 46.7 Å². The number of carboxylic acids is 1. The maximum atomic E-state index is 12.7. The summed E-state index contributed by atoms with van der Waals surface area (Å²) in [6, 6.07) is 7.47. The Morgan fingerprint density at radius 3 is 2.47 bits per heavy atom. The summed E-state index contributed by atoms with van der Waals surface area (Å²) in [5.74, 6) is -1.13. The number of hydrogen-bond acceptors (Lipinski definition) is 6. The predicted molar refractivity (Wildman–Crippen MR) is 128 cm³/mol. The molecule has 3 aliphatic rings. The molecule has 0 aliphatic carbocycles. The van der Waals surface area contributed by atoms with E-state index >= 15 is 0 Å². The van der Waals surface area contributed by atoms with E-state index in [9.17, 15) is 9.59 Å². The van der Waals surface area contributed by atoms with E-state index in [4.69, 9.17) is 21.4 Å². The highest BCUT2D eigenvalue weighted by Crippen LogP contribution is 2.41. The van der Waals surface area contributed by atoms with Crippen molar-refractivity contribution in [1.82, 2.24) is 19.6 Å². The van der Waals surface area contributed by atoms with Crippen molar-refractivity contribution in [2.24, 2.45) is 5.41 Å². The molecule has 1 N–H and O–H groups in total. The second kappa shape index (κ2) is 9.56. The van der Waals surface area contributed by atoms with Gasteiger partial charge in [-0.25, -0.2) is 9.59 Å². The van der Waals surface area contributed by atoms with Crippen molar-refractivity contribution in [2.45, 2.75) is 25.8 Å². The molecule has 2 aromatic rings. The molecule has 1 amide bonds. The fourth-order valence-electron chi connectivity index (χ4n) is 5.36. The van der Waals surface area contributed by atoms with E-state index in [0.717, 1.165) is 86.2 Å². The number of piperidine rings is 1. The number of carbonyl (C=O) groups is 2. The number of hydrogen-bond donors (Lipinski definition) is 1. The molecule has 0 unspecified atom stereocenters. The van der Waals surface area contributed by atoms with Gasteiger partial charge in [-0.1, -0.05) is 17.7 Å². The summed E-state index contributed by atoms with van der Waals surface area (Å²) in [5, 5.41) is 13.7. The van der Waals surface area contributed by atoms with Crippen molar-refractivity contribution in [3.8, 4) is 0 Å². The van der Waals surface area contributed by atoms with E-state index in [1.807, 2.05) is 0 Å². The van der Waals surface area contributed by atoms with Gasteiger partial charge in [0.1, 0.15) is 0 Å². The minimum atomic E-state index is -1.13. The van der Waals surface area contributed by atoms with E-state index in [-0.39, 0.29) is 17.1 Å². The summed E-state index contributed by atoms with van der Waals surface area (Å²) in [6.07, 6.45) is 4.41. The van der Waals surface area contributed by atoms with Gasteiger partial charge in [-0.05, 0) is 55.0 Å². The lowest BCUT2D eigenvalue weighted by Crippen LogP contribution is -2.45. The number of halogens is 1. The molecular weight excluding hydrogens is 458 g/mol. The smallest absolute Gasteiger partial charge is 0.356 e. The molecule has 1 aromatic heterocycles. The lowest BCUT2D eigenvalue weighted by Gasteiger charge is -2.39. The van der Waals surface area contributed by atoms with Gasteiger partial charge in [0.15, 0.2) is 5.69 Å². The van der Waals surface area contributed by atoms with Crippen LogP contribution < -0.4 is 4.90 Å². The monoisotopic (exact) mass is 487 g/mol. The van der Waals surface area contributed by atoms with Crippen LogP contribution in [0.3, 0.4) is 0 Å². The number of ether oxygens (including phenoxy) is 1. The largest absolute Gasteiger partial charge is 0.476 e. The van der Waals surface area contributed by atoms with Crippen molar-refractivity contribution in [2.75, 3.05) is 57.4 Å². The number of likely N-dealkylation sites (tertiary alicyclic amines) is 2. The Balaban J connectivity index is 1.15. The Labute approximate surface area is 203 Å². The van der Waals surface area contributed by atoms with Crippen LogP contribution in [0.1, 0.15) is 35.3 Å². The number of morpholine rings is 1. The average molecular weight is 488 g/mol. The summed E-state index contributed by atoms with van der Waals surface area (Å²) < 4.78 is 6.57. The van der Waals surface area contributed by atoms with E-state index in [1.54, 1.807) is 4.90 Å². The molecule has 0 bridgehead atoms. The van der Waals surface area contributed by atoms with Crippen LogP contribution in [-0.2, 0) is 11.3 Å². The fraction of sp³-hybridized carbons (Fsp3) is 0.542. The summed E-state index contributed by atoms with van der Waals surface area (Å²) in [5.41, 5.74) is 2.40. The lowest BCUT2D eigenvalue weighted by atomic mass is 9.78. The first-order valence-corrected chi connectivity index (χ1v) is 12.2. The van der Waals surface area contributed by atoms with Crippen LogP contribution in [-0.4, -0.2) is 89.2 Å². The molecule has 0 atom stereocenters. The van der Waals surface area contributed by atoms with Gasteiger partial charge in [-0.2, -0.15) is 9.78 Å². The molecule has 3 saturated heterocycles. The van der Waals surface area contributed by atoms with Crippen molar-refractivity contribution >= 4 is 29.3 Å². The number of amides is 1. The molecular formula is C24H30ClN5O4. The number of nitrogens with zero attached hydrogens (tertiary/aromatic N) is 5. The number of rotatable bonds is 4. The van der Waals surface area contributed by atoms with E-state index in [0.29, 0.717) is 13.1 Å². The van der Waals surface area contributed by atoms with E-state index < -0.39 is 5.97 Å².